The lowest BCUT2D eigenvalue weighted by molar-refractivity contribution is -0.140. The maximum absolute atomic E-state index is 14.0. The molecule has 202 valence electrons. The molecule has 8 nitrogen and oxygen atoms in total. The molecule has 0 saturated heterocycles. The average molecular weight is 538 g/mol. The molecule has 0 aliphatic carbocycles. The molecule has 0 aliphatic heterocycles. The zero-order valence-electron chi connectivity index (χ0n) is 22.3. The summed E-state index contributed by atoms with van der Waals surface area (Å²) in [6.45, 7) is 5.68. The summed E-state index contributed by atoms with van der Waals surface area (Å²) in [5.74, 6) is -0.324. The number of nitrogens with one attached hydrogen (secondary N) is 1. The second kappa shape index (κ2) is 13.1. The second-order valence-electron chi connectivity index (χ2n) is 8.86. The first-order chi connectivity index (χ1) is 18.2. The standard InChI is InChI=1S/C29H35N3O5S/c1-5-27(29(34)30-6-2)31(20-23-13-10-12-22(3)18-23)28(33)21-32(24-14-11-15-25(19-24)37-4)38(35,36)26-16-8-7-9-17-26/h7-19,27H,5-6,20-21H2,1-4H3,(H,30,34)/t27-/m0/s1. The lowest BCUT2D eigenvalue weighted by atomic mass is 10.1. The molecule has 0 unspecified atom stereocenters. The Balaban J connectivity index is 2.07. The summed E-state index contributed by atoms with van der Waals surface area (Å²) < 4.78 is 34.0. The van der Waals surface area contributed by atoms with E-state index >= 15 is 0 Å². The second-order valence-corrected chi connectivity index (χ2v) is 10.7. The van der Waals surface area contributed by atoms with Crippen molar-refractivity contribution in [2.75, 3.05) is 24.5 Å². The number of rotatable bonds is 12. The highest BCUT2D eigenvalue weighted by Gasteiger charge is 2.33. The Morgan fingerprint density at radius 2 is 1.66 bits per heavy atom. The van der Waals surface area contributed by atoms with E-state index in [0.29, 0.717) is 18.7 Å². The van der Waals surface area contributed by atoms with Crippen LogP contribution < -0.4 is 14.4 Å². The highest BCUT2D eigenvalue weighted by atomic mass is 32.2. The van der Waals surface area contributed by atoms with Crippen LogP contribution in [0, 0.1) is 6.92 Å². The van der Waals surface area contributed by atoms with Crippen LogP contribution in [-0.4, -0.2) is 51.4 Å². The number of hydrogen-bond donors (Lipinski definition) is 1. The number of sulfonamides is 1. The third-order valence-corrected chi connectivity index (χ3v) is 7.91. The summed E-state index contributed by atoms with van der Waals surface area (Å²) in [5, 5.41) is 2.80. The van der Waals surface area contributed by atoms with Crippen LogP contribution in [0.3, 0.4) is 0 Å². The summed E-state index contributed by atoms with van der Waals surface area (Å²) >= 11 is 0. The van der Waals surface area contributed by atoms with Gasteiger partial charge in [-0.25, -0.2) is 8.42 Å². The van der Waals surface area contributed by atoms with Crippen molar-refractivity contribution < 1.29 is 22.7 Å². The smallest absolute Gasteiger partial charge is 0.264 e. The van der Waals surface area contributed by atoms with E-state index in [1.54, 1.807) is 42.5 Å². The van der Waals surface area contributed by atoms with Gasteiger partial charge in [0, 0.05) is 19.2 Å². The van der Waals surface area contributed by atoms with Crippen molar-refractivity contribution in [1.29, 1.82) is 0 Å². The minimum atomic E-state index is -4.12. The van der Waals surface area contributed by atoms with Crippen molar-refractivity contribution in [3.05, 3.63) is 90.0 Å². The molecule has 9 heteroatoms. The van der Waals surface area contributed by atoms with Crippen LogP contribution in [-0.2, 0) is 26.2 Å². The van der Waals surface area contributed by atoms with Gasteiger partial charge in [0.2, 0.25) is 11.8 Å². The largest absolute Gasteiger partial charge is 0.497 e. The van der Waals surface area contributed by atoms with Crippen molar-refractivity contribution in [1.82, 2.24) is 10.2 Å². The van der Waals surface area contributed by atoms with Gasteiger partial charge in [-0.15, -0.1) is 0 Å². The summed E-state index contributed by atoms with van der Waals surface area (Å²) in [5.41, 5.74) is 2.15. The number of anilines is 1. The van der Waals surface area contributed by atoms with Gasteiger partial charge < -0.3 is 15.0 Å². The van der Waals surface area contributed by atoms with E-state index in [4.69, 9.17) is 4.74 Å². The van der Waals surface area contributed by atoms with E-state index in [2.05, 4.69) is 5.32 Å². The third kappa shape index (κ3) is 6.92. The number of amides is 2. The average Bonchev–Trinajstić information content (AvgIpc) is 2.92. The molecule has 38 heavy (non-hydrogen) atoms. The van der Waals surface area contributed by atoms with E-state index in [9.17, 15) is 18.0 Å². The highest BCUT2D eigenvalue weighted by Crippen LogP contribution is 2.27. The van der Waals surface area contributed by atoms with E-state index in [1.165, 1.54) is 24.1 Å². The van der Waals surface area contributed by atoms with Gasteiger partial charge in [-0.1, -0.05) is 61.0 Å². The van der Waals surface area contributed by atoms with E-state index in [1.807, 2.05) is 45.0 Å². The first-order valence-electron chi connectivity index (χ1n) is 12.6. The van der Waals surface area contributed by atoms with Gasteiger partial charge in [0.05, 0.1) is 17.7 Å². The molecule has 0 aliphatic rings. The number of nitrogens with zero attached hydrogens (tertiary/aromatic N) is 2. The van der Waals surface area contributed by atoms with Crippen molar-refractivity contribution in [2.24, 2.45) is 0 Å². The molecule has 3 aromatic carbocycles. The van der Waals surface area contributed by atoms with Gasteiger partial charge in [0.1, 0.15) is 18.3 Å². The summed E-state index contributed by atoms with van der Waals surface area (Å²) in [4.78, 5) is 28.5. The molecule has 1 N–H and O–H groups in total. The molecule has 2 amide bonds. The SMILES string of the molecule is CCNC(=O)[C@H](CC)N(Cc1cccc(C)c1)C(=O)CN(c1cccc(OC)c1)S(=O)(=O)c1ccccc1. The maximum Gasteiger partial charge on any atom is 0.264 e. The Kier molecular flexibility index (Phi) is 9.90. The minimum Gasteiger partial charge on any atom is -0.497 e. The van der Waals surface area contributed by atoms with Crippen LogP contribution in [0.1, 0.15) is 31.4 Å². The van der Waals surface area contributed by atoms with Crippen LogP contribution in [0.2, 0.25) is 0 Å². The van der Waals surface area contributed by atoms with Gasteiger partial charge in [-0.05, 0) is 50.1 Å². The number of benzene rings is 3. The molecule has 3 aromatic rings. The highest BCUT2D eigenvalue weighted by molar-refractivity contribution is 7.92. The molecular formula is C29H35N3O5S. The normalized spacial score (nSPS) is 11.9. The Morgan fingerprint density at radius 3 is 2.29 bits per heavy atom. The third-order valence-electron chi connectivity index (χ3n) is 6.12. The predicted molar refractivity (Wildman–Crippen MR) is 148 cm³/mol. The topological polar surface area (TPSA) is 96.0 Å². The molecule has 0 fully saturated rings. The number of methoxy groups -OCH3 is 1. The Bertz CT molecular complexity index is 1350. The minimum absolute atomic E-state index is 0.0524. The number of likely N-dealkylation sites (N-methyl/N-ethyl adjacent to an activating group) is 1. The van der Waals surface area contributed by atoms with Gasteiger partial charge >= 0.3 is 0 Å². The van der Waals surface area contributed by atoms with E-state index in [0.717, 1.165) is 15.4 Å². The van der Waals surface area contributed by atoms with Crippen LogP contribution in [0.5, 0.6) is 5.75 Å². The summed E-state index contributed by atoms with van der Waals surface area (Å²) in [7, 11) is -2.63. The number of carbonyl (C=O) groups excluding carboxylic acids is 2. The molecule has 0 spiro atoms. The number of ether oxygens (including phenoxy) is 1. The number of aryl methyl sites for hydroxylation is 1. The summed E-state index contributed by atoms with van der Waals surface area (Å²) in [6, 6.07) is 21.4. The monoisotopic (exact) mass is 537 g/mol. The van der Waals surface area contributed by atoms with E-state index < -0.39 is 28.5 Å². The Hall–Kier alpha value is -3.85. The fourth-order valence-corrected chi connectivity index (χ4v) is 5.66. The van der Waals surface area contributed by atoms with Crippen LogP contribution in [0.25, 0.3) is 0 Å². The molecular weight excluding hydrogens is 502 g/mol. The van der Waals surface area contributed by atoms with Crippen molar-refractivity contribution in [3.8, 4) is 5.75 Å². The molecule has 0 bridgehead atoms. The first-order valence-corrected chi connectivity index (χ1v) is 14.0. The van der Waals surface area contributed by atoms with Gasteiger partial charge in [-0.3, -0.25) is 13.9 Å². The van der Waals surface area contributed by atoms with Gasteiger partial charge in [-0.2, -0.15) is 0 Å². The van der Waals surface area contributed by atoms with Crippen molar-refractivity contribution in [3.63, 3.8) is 0 Å². The summed E-state index contributed by atoms with van der Waals surface area (Å²) in [6.07, 6.45) is 0.369. The first kappa shape index (κ1) is 28.7. The molecule has 0 saturated carbocycles. The van der Waals surface area contributed by atoms with Crippen molar-refractivity contribution >= 4 is 27.5 Å². The maximum atomic E-state index is 14.0. The van der Waals surface area contributed by atoms with Gasteiger partial charge in [0.25, 0.3) is 10.0 Å². The molecule has 0 radical (unpaired) electrons. The molecule has 0 heterocycles. The quantitative estimate of drug-likeness (QED) is 0.375. The number of hydrogen-bond acceptors (Lipinski definition) is 5. The fraction of sp³-hybridized carbons (Fsp3) is 0.310. The fourth-order valence-electron chi connectivity index (χ4n) is 4.23. The molecule has 1 atom stereocenters. The number of carbonyl (C=O) groups is 2. The predicted octanol–water partition coefficient (Wildman–Crippen LogP) is 4.14. The van der Waals surface area contributed by atoms with Crippen LogP contribution in [0.4, 0.5) is 5.69 Å². The van der Waals surface area contributed by atoms with Crippen molar-refractivity contribution in [2.45, 2.75) is 44.7 Å². The van der Waals surface area contributed by atoms with E-state index in [-0.39, 0.29) is 23.0 Å². The Labute approximate surface area is 225 Å². The molecule has 3 rings (SSSR count). The lowest BCUT2D eigenvalue weighted by Gasteiger charge is -2.33. The zero-order valence-corrected chi connectivity index (χ0v) is 23.1. The molecule has 0 aromatic heterocycles. The van der Waals surface area contributed by atoms with Crippen LogP contribution >= 0.6 is 0 Å². The zero-order chi connectivity index (χ0) is 27.7. The van der Waals surface area contributed by atoms with Gasteiger partial charge in [0.15, 0.2) is 0 Å². The lowest BCUT2D eigenvalue weighted by Crippen LogP contribution is -2.52. The van der Waals surface area contributed by atoms with Crippen LogP contribution in [0.15, 0.2) is 83.8 Å². The Morgan fingerprint density at radius 1 is 0.947 bits per heavy atom.